The SMILES string of the molecule is O=C(Nc1cccc(C(=O)c2ccccc2)c1)c1ccc2c(c1)C(=O)NC2=O. The Hall–Kier alpha value is -4.06. The van der Waals surface area contributed by atoms with Gasteiger partial charge in [-0.15, -0.1) is 0 Å². The lowest BCUT2D eigenvalue weighted by Gasteiger charge is -2.08. The number of amides is 3. The average Bonchev–Trinajstić information content (AvgIpc) is 3.01. The second-order valence-corrected chi connectivity index (χ2v) is 6.27. The van der Waals surface area contributed by atoms with Crippen molar-refractivity contribution in [1.82, 2.24) is 5.32 Å². The molecule has 0 saturated heterocycles. The van der Waals surface area contributed by atoms with Gasteiger partial charge < -0.3 is 5.32 Å². The Morgan fingerprint density at radius 1 is 0.679 bits per heavy atom. The molecule has 0 spiro atoms. The quantitative estimate of drug-likeness (QED) is 0.545. The molecule has 1 heterocycles. The molecule has 0 aliphatic carbocycles. The van der Waals surface area contributed by atoms with Crippen molar-refractivity contribution >= 4 is 29.2 Å². The normalized spacial score (nSPS) is 12.3. The summed E-state index contributed by atoms with van der Waals surface area (Å²) in [4.78, 5) is 48.5. The molecule has 136 valence electrons. The number of hydrogen-bond donors (Lipinski definition) is 2. The highest BCUT2D eigenvalue weighted by Crippen LogP contribution is 2.19. The minimum atomic E-state index is -0.523. The van der Waals surface area contributed by atoms with Crippen LogP contribution in [-0.2, 0) is 0 Å². The lowest BCUT2D eigenvalue weighted by molar-refractivity contribution is 0.0878. The van der Waals surface area contributed by atoms with Gasteiger partial charge in [0.1, 0.15) is 0 Å². The Morgan fingerprint density at radius 2 is 1.39 bits per heavy atom. The number of anilines is 1. The van der Waals surface area contributed by atoms with Crippen LogP contribution in [0, 0.1) is 0 Å². The molecular weight excluding hydrogens is 356 g/mol. The molecule has 3 amide bonds. The summed E-state index contributed by atoms with van der Waals surface area (Å²) in [5, 5.41) is 4.90. The molecule has 3 aromatic carbocycles. The molecule has 0 aromatic heterocycles. The van der Waals surface area contributed by atoms with E-state index in [1.165, 1.54) is 18.2 Å². The molecule has 4 rings (SSSR count). The van der Waals surface area contributed by atoms with Crippen molar-refractivity contribution < 1.29 is 19.2 Å². The Bertz CT molecular complexity index is 1140. The van der Waals surface area contributed by atoms with Crippen LogP contribution in [0.4, 0.5) is 5.69 Å². The number of benzene rings is 3. The second-order valence-electron chi connectivity index (χ2n) is 6.27. The second kappa shape index (κ2) is 6.92. The number of ketones is 1. The summed E-state index contributed by atoms with van der Waals surface area (Å²) in [7, 11) is 0. The Morgan fingerprint density at radius 3 is 2.18 bits per heavy atom. The molecule has 0 radical (unpaired) electrons. The van der Waals surface area contributed by atoms with Crippen molar-refractivity contribution in [3.05, 3.63) is 101 Å². The van der Waals surface area contributed by atoms with Crippen molar-refractivity contribution in [2.24, 2.45) is 0 Å². The number of nitrogens with one attached hydrogen (secondary N) is 2. The molecule has 28 heavy (non-hydrogen) atoms. The topological polar surface area (TPSA) is 92.3 Å². The van der Waals surface area contributed by atoms with Gasteiger partial charge in [0.05, 0.1) is 11.1 Å². The molecule has 0 fully saturated rings. The number of fused-ring (bicyclic) bond motifs is 1. The zero-order valence-corrected chi connectivity index (χ0v) is 14.6. The van der Waals surface area contributed by atoms with Gasteiger partial charge in [-0.1, -0.05) is 42.5 Å². The van der Waals surface area contributed by atoms with Gasteiger partial charge in [-0.2, -0.15) is 0 Å². The van der Waals surface area contributed by atoms with E-state index >= 15 is 0 Å². The molecule has 2 N–H and O–H groups in total. The maximum Gasteiger partial charge on any atom is 0.258 e. The largest absolute Gasteiger partial charge is 0.322 e. The van der Waals surface area contributed by atoms with E-state index in [0.717, 1.165) is 0 Å². The summed E-state index contributed by atoms with van der Waals surface area (Å²) >= 11 is 0. The first-order valence-corrected chi connectivity index (χ1v) is 8.54. The first-order valence-electron chi connectivity index (χ1n) is 8.54. The van der Waals surface area contributed by atoms with Gasteiger partial charge in [0.2, 0.25) is 0 Å². The summed E-state index contributed by atoms with van der Waals surface area (Å²) in [6, 6.07) is 19.8. The summed E-state index contributed by atoms with van der Waals surface area (Å²) in [5.41, 5.74) is 2.11. The Kier molecular flexibility index (Phi) is 4.29. The van der Waals surface area contributed by atoms with Crippen LogP contribution in [0.1, 0.15) is 47.0 Å². The zero-order chi connectivity index (χ0) is 19.7. The summed E-state index contributed by atoms with van der Waals surface area (Å²) in [6.07, 6.45) is 0. The third-order valence-corrected chi connectivity index (χ3v) is 4.42. The average molecular weight is 370 g/mol. The van der Waals surface area contributed by atoms with Gasteiger partial charge in [-0.05, 0) is 30.3 Å². The van der Waals surface area contributed by atoms with Crippen molar-refractivity contribution in [3.8, 4) is 0 Å². The van der Waals surface area contributed by atoms with Gasteiger partial charge in [0.25, 0.3) is 17.7 Å². The molecule has 3 aromatic rings. The van der Waals surface area contributed by atoms with E-state index in [9.17, 15) is 19.2 Å². The first kappa shape index (κ1) is 17.4. The Labute approximate surface area is 160 Å². The van der Waals surface area contributed by atoms with Crippen LogP contribution in [0.25, 0.3) is 0 Å². The summed E-state index contributed by atoms with van der Waals surface area (Å²) in [6.45, 7) is 0. The summed E-state index contributed by atoms with van der Waals surface area (Å²) in [5.74, 6) is -1.59. The minimum Gasteiger partial charge on any atom is -0.322 e. The predicted octanol–water partition coefficient (Wildman–Crippen LogP) is 3.05. The smallest absolute Gasteiger partial charge is 0.258 e. The van der Waals surface area contributed by atoms with E-state index in [-0.39, 0.29) is 22.5 Å². The number of rotatable bonds is 4. The monoisotopic (exact) mass is 370 g/mol. The highest BCUT2D eigenvalue weighted by atomic mass is 16.2. The van der Waals surface area contributed by atoms with Crippen LogP contribution in [-0.4, -0.2) is 23.5 Å². The van der Waals surface area contributed by atoms with Gasteiger partial charge in [-0.3, -0.25) is 24.5 Å². The number of hydrogen-bond acceptors (Lipinski definition) is 4. The van der Waals surface area contributed by atoms with Crippen LogP contribution >= 0.6 is 0 Å². The lowest BCUT2D eigenvalue weighted by Crippen LogP contribution is -2.19. The maximum absolute atomic E-state index is 12.6. The number of imide groups is 1. The van der Waals surface area contributed by atoms with Gasteiger partial charge in [0.15, 0.2) is 5.78 Å². The van der Waals surface area contributed by atoms with E-state index in [0.29, 0.717) is 16.8 Å². The van der Waals surface area contributed by atoms with Crippen molar-refractivity contribution in [3.63, 3.8) is 0 Å². The molecule has 0 saturated carbocycles. The predicted molar refractivity (Wildman–Crippen MR) is 103 cm³/mol. The molecule has 0 unspecified atom stereocenters. The first-order chi connectivity index (χ1) is 13.5. The molecule has 0 atom stereocenters. The number of carbonyl (C=O) groups is 4. The van der Waals surface area contributed by atoms with Gasteiger partial charge in [-0.25, -0.2) is 0 Å². The van der Waals surface area contributed by atoms with E-state index in [2.05, 4.69) is 10.6 Å². The lowest BCUT2D eigenvalue weighted by atomic mass is 10.0. The molecule has 6 heteroatoms. The molecule has 1 aliphatic heterocycles. The third-order valence-electron chi connectivity index (χ3n) is 4.42. The van der Waals surface area contributed by atoms with Crippen molar-refractivity contribution in [2.45, 2.75) is 0 Å². The maximum atomic E-state index is 12.6. The third kappa shape index (κ3) is 3.19. The Balaban J connectivity index is 1.56. The molecule has 1 aliphatic rings. The van der Waals surface area contributed by atoms with E-state index in [1.807, 2.05) is 6.07 Å². The summed E-state index contributed by atoms with van der Waals surface area (Å²) < 4.78 is 0. The fourth-order valence-electron chi connectivity index (χ4n) is 3.01. The van der Waals surface area contributed by atoms with Crippen molar-refractivity contribution in [2.75, 3.05) is 5.32 Å². The fourth-order valence-corrected chi connectivity index (χ4v) is 3.01. The van der Waals surface area contributed by atoms with Gasteiger partial charge in [0, 0.05) is 22.4 Å². The fraction of sp³-hybridized carbons (Fsp3) is 0. The van der Waals surface area contributed by atoms with Crippen LogP contribution in [0.15, 0.2) is 72.8 Å². The highest BCUT2D eigenvalue weighted by molar-refractivity contribution is 6.22. The van der Waals surface area contributed by atoms with Crippen molar-refractivity contribution in [1.29, 1.82) is 0 Å². The van der Waals surface area contributed by atoms with Crippen LogP contribution < -0.4 is 10.6 Å². The van der Waals surface area contributed by atoms with Crippen LogP contribution in [0.3, 0.4) is 0 Å². The molecule has 0 bridgehead atoms. The van der Waals surface area contributed by atoms with E-state index in [1.54, 1.807) is 48.5 Å². The highest BCUT2D eigenvalue weighted by Gasteiger charge is 2.27. The standard InChI is InChI=1S/C22H14N2O4/c25-19(13-5-2-1-3-6-13)14-7-4-8-16(11-14)23-20(26)15-9-10-17-18(12-15)22(28)24-21(17)27/h1-12H,(H,23,26)(H,24,27,28). The molecular formula is C22H14N2O4. The van der Waals surface area contributed by atoms with E-state index < -0.39 is 17.7 Å². The molecule has 6 nitrogen and oxygen atoms in total. The minimum absolute atomic E-state index is 0.149. The van der Waals surface area contributed by atoms with E-state index in [4.69, 9.17) is 0 Å². The van der Waals surface area contributed by atoms with Gasteiger partial charge >= 0.3 is 0 Å². The van der Waals surface area contributed by atoms with Crippen LogP contribution in [0.5, 0.6) is 0 Å². The zero-order valence-electron chi connectivity index (χ0n) is 14.6. The number of carbonyl (C=O) groups excluding carboxylic acids is 4. The van der Waals surface area contributed by atoms with Crippen LogP contribution in [0.2, 0.25) is 0 Å².